The van der Waals surface area contributed by atoms with Crippen molar-refractivity contribution in [3.63, 3.8) is 0 Å². The first-order chi connectivity index (χ1) is 16.3. The lowest BCUT2D eigenvalue weighted by atomic mass is 10.1. The summed E-state index contributed by atoms with van der Waals surface area (Å²) in [7, 11) is 0. The Balaban J connectivity index is 2.15. The van der Waals surface area contributed by atoms with Gasteiger partial charge in [0.25, 0.3) is 0 Å². The summed E-state index contributed by atoms with van der Waals surface area (Å²) >= 11 is 0. The largest absolute Gasteiger partial charge is 0.264 e. The van der Waals surface area contributed by atoms with Gasteiger partial charge in [0.2, 0.25) is 0 Å². The molecule has 0 atom stereocenters. The van der Waals surface area contributed by atoms with E-state index in [1.165, 1.54) is 88.2 Å². The quantitative estimate of drug-likeness (QED) is 0.158. The van der Waals surface area contributed by atoms with Gasteiger partial charge in [-0.25, -0.2) is 0 Å². The molecular weight excluding hydrogens is 398 g/mol. The molecule has 2 rings (SSSR count). The molecule has 0 saturated heterocycles. The average Bonchev–Trinajstić information content (AvgIpc) is 2.84. The fraction of sp³-hybridized carbons (Fsp3) is 0.500. The number of hydrogen-bond acceptors (Lipinski definition) is 0. The molecule has 2 aromatic carbocycles. The van der Waals surface area contributed by atoms with Crippen molar-refractivity contribution in [3.05, 3.63) is 96.3 Å². The van der Waals surface area contributed by atoms with Crippen molar-refractivity contribution >= 4 is 0 Å². The van der Waals surface area contributed by atoms with Crippen molar-refractivity contribution in [1.82, 2.24) is 0 Å². The molecule has 2 aromatic rings. The highest BCUT2D eigenvalue weighted by atomic mass is 15.3. The average molecular weight is 447 g/mol. The van der Waals surface area contributed by atoms with Gasteiger partial charge in [-0.2, -0.15) is 0 Å². The number of unbranched alkanes of at least 4 members (excludes halogenated alkanes) is 10. The molecule has 0 amide bonds. The maximum atomic E-state index is 2.48. The van der Waals surface area contributed by atoms with Gasteiger partial charge in [-0.1, -0.05) is 126 Å². The highest BCUT2D eigenvalue weighted by molar-refractivity contribution is 5.16. The van der Waals surface area contributed by atoms with Gasteiger partial charge in [0.1, 0.15) is 13.1 Å². The van der Waals surface area contributed by atoms with Crippen LogP contribution >= 0.6 is 0 Å². The monoisotopic (exact) mass is 446 g/mol. The van der Waals surface area contributed by atoms with Crippen LogP contribution in [0.3, 0.4) is 0 Å². The van der Waals surface area contributed by atoms with E-state index in [2.05, 4.69) is 99.1 Å². The van der Waals surface area contributed by atoms with Crippen LogP contribution in [0.15, 0.2) is 85.2 Å². The molecule has 0 unspecified atom stereocenters. The van der Waals surface area contributed by atoms with Gasteiger partial charge in [0.05, 0.1) is 12.4 Å². The van der Waals surface area contributed by atoms with Crippen molar-refractivity contribution in [2.24, 2.45) is 0 Å². The lowest BCUT2D eigenvalue weighted by Gasteiger charge is -2.31. The molecule has 1 heteroatoms. The van der Waals surface area contributed by atoms with Crippen LogP contribution in [-0.2, 0) is 13.1 Å². The Labute approximate surface area is 204 Å². The number of allylic oxidation sites excluding steroid dienone is 2. The Bertz CT molecular complexity index is 692. The molecular formula is C32H48N+. The van der Waals surface area contributed by atoms with Crippen LogP contribution < -0.4 is 0 Å². The summed E-state index contributed by atoms with van der Waals surface area (Å²) in [5.41, 5.74) is 2.79. The van der Waals surface area contributed by atoms with Gasteiger partial charge < -0.3 is 0 Å². The molecule has 1 nitrogen and oxygen atoms in total. The standard InChI is InChI=1S/C32H48N/c1-3-5-7-9-11-13-21-27-33(29-31-23-17-15-18-24-31,30-32-25-19-16-20-26-32)28-22-14-12-10-8-6-4-2/h15-28H,3-14,29-30H2,1-2H3/q+1/b27-21-,28-22+. The first-order valence-electron chi connectivity index (χ1n) is 13.6. The zero-order valence-electron chi connectivity index (χ0n) is 21.4. The number of hydrogen-bond donors (Lipinski definition) is 0. The molecule has 0 fully saturated rings. The lowest BCUT2D eigenvalue weighted by molar-refractivity contribution is -0.856. The number of rotatable bonds is 18. The van der Waals surface area contributed by atoms with Crippen LogP contribution in [0.25, 0.3) is 0 Å². The van der Waals surface area contributed by atoms with Crippen LogP contribution in [0.5, 0.6) is 0 Å². The normalized spacial score (nSPS) is 12.2. The predicted octanol–water partition coefficient (Wildman–Crippen LogP) is 9.95. The third-order valence-electron chi connectivity index (χ3n) is 6.39. The van der Waals surface area contributed by atoms with Crippen LogP contribution in [0.4, 0.5) is 0 Å². The second-order valence-corrected chi connectivity index (χ2v) is 9.57. The van der Waals surface area contributed by atoms with Gasteiger partial charge in [0, 0.05) is 11.1 Å². The summed E-state index contributed by atoms with van der Waals surface area (Å²) in [5.74, 6) is 0. The molecule has 0 aromatic heterocycles. The minimum atomic E-state index is 0.859. The number of nitrogens with zero attached hydrogens (tertiary/aromatic N) is 1. The number of quaternary nitrogens is 1. The molecule has 0 aliphatic carbocycles. The van der Waals surface area contributed by atoms with Crippen molar-refractivity contribution in [2.45, 2.75) is 104 Å². The zero-order valence-corrected chi connectivity index (χ0v) is 21.4. The molecule has 0 radical (unpaired) electrons. The molecule has 0 heterocycles. The summed E-state index contributed by atoms with van der Waals surface area (Å²) in [4.78, 5) is 0. The predicted molar refractivity (Wildman–Crippen MR) is 146 cm³/mol. The van der Waals surface area contributed by atoms with E-state index in [9.17, 15) is 0 Å². The van der Waals surface area contributed by atoms with Crippen LogP contribution in [0.1, 0.15) is 102 Å². The molecule has 0 saturated carbocycles. The Kier molecular flexibility index (Phi) is 14.3. The summed E-state index contributed by atoms with van der Waals surface area (Å²) in [6.07, 6.45) is 25.6. The van der Waals surface area contributed by atoms with Gasteiger partial charge in [-0.15, -0.1) is 0 Å². The zero-order chi connectivity index (χ0) is 23.5. The van der Waals surface area contributed by atoms with Crippen molar-refractivity contribution in [3.8, 4) is 0 Å². The van der Waals surface area contributed by atoms with E-state index in [0.29, 0.717) is 0 Å². The van der Waals surface area contributed by atoms with Crippen LogP contribution in [0.2, 0.25) is 0 Å². The van der Waals surface area contributed by atoms with Crippen LogP contribution in [-0.4, -0.2) is 4.48 Å². The first-order valence-corrected chi connectivity index (χ1v) is 13.6. The Morgan fingerprint density at radius 2 is 0.909 bits per heavy atom. The Hall–Kier alpha value is -2.12. The van der Waals surface area contributed by atoms with Crippen LogP contribution in [0, 0.1) is 0 Å². The Morgan fingerprint density at radius 1 is 0.515 bits per heavy atom. The van der Waals surface area contributed by atoms with E-state index in [-0.39, 0.29) is 0 Å². The minimum Gasteiger partial charge on any atom is -0.264 e. The fourth-order valence-corrected chi connectivity index (χ4v) is 4.46. The molecule has 0 N–H and O–H groups in total. The Morgan fingerprint density at radius 3 is 1.30 bits per heavy atom. The second-order valence-electron chi connectivity index (χ2n) is 9.57. The van der Waals surface area contributed by atoms with Gasteiger partial charge in [-0.3, -0.25) is 4.48 Å². The highest BCUT2D eigenvalue weighted by Crippen LogP contribution is 2.23. The maximum absolute atomic E-state index is 2.48. The van der Waals surface area contributed by atoms with E-state index in [4.69, 9.17) is 0 Å². The fourth-order valence-electron chi connectivity index (χ4n) is 4.46. The molecule has 0 aliphatic heterocycles. The minimum absolute atomic E-state index is 0.859. The van der Waals surface area contributed by atoms with Crippen molar-refractivity contribution in [1.29, 1.82) is 0 Å². The third kappa shape index (κ3) is 12.1. The molecule has 180 valence electrons. The second kappa shape index (κ2) is 17.4. The van der Waals surface area contributed by atoms with E-state index in [1.807, 2.05) is 0 Å². The first kappa shape index (κ1) is 27.1. The van der Waals surface area contributed by atoms with E-state index in [1.54, 1.807) is 0 Å². The third-order valence-corrected chi connectivity index (χ3v) is 6.39. The summed E-state index contributed by atoms with van der Waals surface area (Å²) < 4.78 is 0.859. The van der Waals surface area contributed by atoms with E-state index < -0.39 is 0 Å². The summed E-state index contributed by atoms with van der Waals surface area (Å²) in [5, 5.41) is 0. The SMILES string of the molecule is CCCCCCC/C=C\[N+](/C=C/CCCCCCC)(Cc1ccccc1)Cc1ccccc1. The topological polar surface area (TPSA) is 0 Å². The van der Waals surface area contributed by atoms with Gasteiger partial charge in [-0.05, 0) is 37.8 Å². The molecule has 0 aliphatic rings. The van der Waals surface area contributed by atoms with Crippen molar-refractivity contribution in [2.75, 3.05) is 0 Å². The smallest absolute Gasteiger partial charge is 0.113 e. The summed E-state index contributed by atoms with van der Waals surface area (Å²) in [6.45, 7) is 6.56. The summed E-state index contributed by atoms with van der Waals surface area (Å²) in [6, 6.07) is 22.0. The lowest BCUT2D eigenvalue weighted by Crippen LogP contribution is -2.35. The van der Waals surface area contributed by atoms with E-state index >= 15 is 0 Å². The number of benzene rings is 2. The van der Waals surface area contributed by atoms with Gasteiger partial charge >= 0.3 is 0 Å². The van der Waals surface area contributed by atoms with Gasteiger partial charge in [0.15, 0.2) is 0 Å². The van der Waals surface area contributed by atoms with Crippen molar-refractivity contribution < 1.29 is 4.48 Å². The molecule has 0 spiro atoms. The molecule has 0 bridgehead atoms. The molecule has 33 heavy (non-hydrogen) atoms. The van der Waals surface area contributed by atoms with E-state index in [0.717, 1.165) is 17.6 Å². The maximum Gasteiger partial charge on any atom is 0.113 e. The highest BCUT2D eigenvalue weighted by Gasteiger charge is 2.23.